The molecule has 0 aliphatic heterocycles. The molecule has 0 N–H and O–H groups in total. The van der Waals surface area contributed by atoms with Gasteiger partial charge >= 0.3 is 0 Å². The van der Waals surface area contributed by atoms with E-state index in [1.165, 1.54) is 65.5 Å². The van der Waals surface area contributed by atoms with Crippen LogP contribution in [0.5, 0.6) is 0 Å². The second-order valence-corrected chi connectivity index (χ2v) is 12.5. The zero-order chi connectivity index (χ0) is 31.8. The summed E-state index contributed by atoms with van der Waals surface area (Å²) >= 11 is 0. The number of para-hydroxylation sites is 3. The Hall–Kier alpha value is -6.63. The fourth-order valence-corrected chi connectivity index (χ4v) is 7.70. The van der Waals surface area contributed by atoms with Crippen LogP contribution < -0.4 is 0 Å². The SMILES string of the molecule is N#Cc1ccc2c(ccc3cc(-n4c5ccccc5c5ccc(-c6ccc7c(c6)c6ccccc6n7-c6ccccc6)cc54)ccc32)c1. The van der Waals surface area contributed by atoms with Gasteiger partial charge in [0.1, 0.15) is 0 Å². The van der Waals surface area contributed by atoms with E-state index in [1.807, 2.05) is 12.1 Å². The predicted octanol–water partition coefficient (Wildman–Crippen LogP) is 11.7. The maximum Gasteiger partial charge on any atom is 0.0991 e. The van der Waals surface area contributed by atoms with Crippen LogP contribution in [0.15, 0.2) is 164 Å². The highest BCUT2D eigenvalue weighted by atomic mass is 15.0. The zero-order valence-electron chi connectivity index (χ0n) is 25.9. The average molecular weight is 610 g/mol. The fraction of sp³-hybridized carbons (Fsp3) is 0. The van der Waals surface area contributed by atoms with Crippen molar-refractivity contribution in [3.05, 3.63) is 169 Å². The Balaban J connectivity index is 1.18. The lowest BCUT2D eigenvalue weighted by Crippen LogP contribution is -1.94. The highest BCUT2D eigenvalue weighted by Gasteiger charge is 2.16. The van der Waals surface area contributed by atoms with Crippen molar-refractivity contribution in [3.8, 4) is 28.6 Å². The van der Waals surface area contributed by atoms with Crippen molar-refractivity contribution < 1.29 is 0 Å². The van der Waals surface area contributed by atoms with Crippen LogP contribution in [0, 0.1) is 11.3 Å². The molecule has 0 unspecified atom stereocenters. The van der Waals surface area contributed by atoms with Crippen molar-refractivity contribution in [1.82, 2.24) is 9.13 Å². The fourth-order valence-electron chi connectivity index (χ4n) is 7.70. The Bertz CT molecular complexity index is 2950. The summed E-state index contributed by atoms with van der Waals surface area (Å²) in [4.78, 5) is 0. The van der Waals surface area contributed by atoms with Crippen LogP contribution in [0.3, 0.4) is 0 Å². The molecule has 0 saturated heterocycles. The molecular weight excluding hydrogens is 583 g/mol. The Kier molecular flexibility index (Phi) is 5.64. The molecule has 48 heavy (non-hydrogen) atoms. The van der Waals surface area contributed by atoms with Gasteiger partial charge in [-0.15, -0.1) is 0 Å². The van der Waals surface area contributed by atoms with E-state index in [4.69, 9.17) is 0 Å². The summed E-state index contributed by atoms with van der Waals surface area (Å²) < 4.78 is 4.76. The van der Waals surface area contributed by atoms with Crippen LogP contribution in [-0.4, -0.2) is 9.13 Å². The normalized spacial score (nSPS) is 11.7. The highest BCUT2D eigenvalue weighted by Crippen LogP contribution is 2.39. The maximum atomic E-state index is 9.40. The number of fused-ring (bicyclic) bond motifs is 9. The van der Waals surface area contributed by atoms with Gasteiger partial charge in [-0.25, -0.2) is 0 Å². The van der Waals surface area contributed by atoms with E-state index in [2.05, 4.69) is 167 Å². The van der Waals surface area contributed by atoms with Crippen molar-refractivity contribution in [2.24, 2.45) is 0 Å². The van der Waals surface area contributed by atoms with Crippen LogP contribution in [0.1, 0.15) is 5.56 Å². The Morgan fingerprint density at radius 2 is 0.917 bits per heavy atom. The lowest BCUT2D eigenvalue weighted by molar-refractivity contribution is 1.18. The van der Waals surface area contributed by atoms with Gasteiger partial charge in [-0.3, -0.25) is 0 Å². The first-order chi connectivity index (χ1) is 23.7. The van der Waals surface area contributed by atoms with Crippen molar-refractivity contribution in [3.63, 3.8) is 0 Å². The molecule has 0 spiro atoms. The minimum absolute atomic E-state index is 0.681. The smallest absolute Gasteiger partial charge is 0.0991 e. The van der Waals surface area contributed by atoms with Gasteiger partial charge in [0, 0.05) is 32.9 Å². The summed E-state index contributed by atoms with van der Waals surface area (Å²) in [6.45, 7) is 0. The molecule has 0 aliphatic rings. The Morgan fingerprint density at radius 1 is 0.354 bits per heavy atom. The third-order valence-corrected chi connectivity index (χ3v) is 9.90. The van der Waals surface area contributed by atoms with E-state index in [9.17, 15) is 5.26 Å². The van der Waals surface area contributed by atoms with Crippen molar-refractivity contribution in [1.29, 1.82) is 5.26 Å². The summed E-state index contributed by atoms with van der Waals surface area (Å²) in [6, 6.07) is 61.0. The van der Waals surface area contributed by atoms with Crippen molar-refractivity contribution >= 4 is 65.2 Å². The van der Waals surface area contributed by atoms with Crippen LogP contribution in [0.4, 0.5) is 0 Å². The van der Waals surface area contributed by atoms with Gasteiger partial charge in [0.25, 0.3) is 0 Å². The van der Waals surface area contributed by atoms with E-state index in [1.54, 1.807) is 0 Å². The third kappa shape index (κ3) is 3.87. The molecule has 0 amide bonds. The standard InChI is InChI=1S/C45H27N3/c46-28-29-14-20-36-32(24-29)15-16-33-25-35(19-22-37(33)36)48-42-12-6-4-10-38(42)40-21-17-31(27-45(40)48)30-18-23-44-41(26-30)39-11-5-7-13-43(39)47(44)34-8-2-1-3-9-34/h1-27H. The lowest BCUT2D eigenvalue weighted by Gasteiger charge is -2.12. The van der Waals surface area contributed by atoms with Crippen LogP contribution in [0.25, 0.3) is 87.7 Å². The minimum Gasteiger partial charge on any atom is -0.309 e. The lowest BCUT2D eigenvalue weighted by atomic mass is 10.00. The molecule has 10 rings (SSSR count). The number of nitriles is 1. The molecule has 222 valence electrons. The van der Waals surface area contributed by atoms with Crippen molar-refractivity contribution in [2.45, 2.75) is 0 Å². The number of nitrogens with zero attached hydrogens (tertiary/aromatic N) is 3. The van der Waals surface area contributed by atoms with E-state index in [0.717, 1.165) is 22.1 Å². The number of rotatable bonds is 3. The quantitative estimate of drug-likeness (QED) is 0.183. The number of hydrogen-bond donors (Lipinski definition) is 0. The second kappa shape index (κ2) is 10.2. The first-order valence-corrected chi connectivity index (χ1v) is 16.2. The maximum absolute atomic E-state index is 9.40. The predicted molar refractivity (Wildman–Crippen MR) is 200 cm³/mol. The molecule has 0 radical (unpaired) electrons. The van der Waals surface area contributed by atoms with Gasteiger partial charge in [-0.05, 0) is 99.4 Å². The number of benzene rings is 8. The zero-order valence-corrected chi connectivity index (χ0v) is 25.9. The molecule has 2 aromatic heterocycles. The summed E-state index contributed by atoms with van der Waals surface area (Å²) in [5.41, 5.74) is 10.1. The summed E-state index contributed by atoms with van der Waals surface area (Å²) in [5.74, 6) is 0. The number of hydrogen-bond acceptors (Lipinski definition) is 1. The van der Waals surface area contributed by atoms with E-state index in [0.29, 0.717) is 5.56 Å². The van der Waals surface area contributed by atoms with Gasteiger partial charge in [0.05, 0.1) is 33.7 Å². The average Bonchev–Trinajstić information content (AvgIpc) is 3.66. The first kappa shape index (κ1) is 26.6. The first-order valence-electron chi connectivity index (χ1n) is 16.2. The molecule has 3 heteroatoms. The molecule has 2 heterocycles. The van der Waals surface area contributed by atoms with Crippen molar-refractivity contribution in [2.75, 3.05) is 0 Å². The number of aromatic nitrogens is 2. The molecule has 3 nitrogen and oxygen atoms in total. The van der Waals surface area contributed by atoms with Crippen LogP contribution in [-0.2, 0) is 0 Å². The third-order valence-electron chi connectivity index (χ3n) is 9.90. The monoisotopic (exact) mass is 609 g/mol. The topological polar surface area (TPSA) is 33.6 Å². The van der Waals surface area contributed by atoms with E-state index in [-0.39, 0.29) is 0 Å². The Labute approximate surface area is 276 Å². The second-order valence-electron chi connectivity index (χ2n) is 12.5. The van der Waals surface area contributed by atoms with Gasteiger partial charge in [-0.2, -0.15) is 5.26 Å². The molecule has 0 fully saturated rings. The molecule has 0 bridgehead atoms. The largest absolute Gasteiger partial charge is 0.309 e. The molecule has 10 aromatic rings. The van der Waals surface area contributed by atoms with Gasteiger partial charge in [0.2, 0.25) is 0 Å². The molecule has 0 saturated carbocycles. The van der Waals surface area contributed by atoms with Crippen LogP contribution in [0.2, 0.25) is 0 Å². The molecule has 8 aromatic carbocycles. The molecule has 0 aliphatic carbocycles. The summed E-state index contributed by atoms with van der Waals surface area (Å²) in [7, 11) is 0. The van der Waals surface area contributed by atoms with Crippen LogP contribution >= 0.6 is 0 Å². The van der Waals surface area contributed by atoms with Gasteiger partial charge in [-0.1, -0.05) is 97.1 Å². The summed E-state index contributed by atoms with van der Waals surface area (Å²) in [6.07, 6.45) is 0. The van der Waals surface area contributed by atoms with E-state index < -0.39 is 0 Å². The van der Waals surface area contributed by atoms with E-state index >= 15 is 0 Å². The van der Waals surface area contributed by atoms with Gasteiger partial charge in [0.15, 0.2) is 0 Å². The molecular formula is C45H27N3. The minimum atomic E-state index is 0.681. The summed E-state index contributed by atoms with van der Waals surface area (Å²) in [5, 5.41) is 19.0. The highest BCUT2D eigenvalue weighted by molar-refractivity contribution is 6.13. The van der Waals surface area contributed by atoms with Gasteiger partial charge < -0.3 is 9.13 Å². The molecule has 0 atom stereocenters. The Morgan fingerprint density at radius 3 is 1.69 bits per heavy atom.